The van der Waals surface area contributed by atoms with Crippen molar-refractivity contribution in [2.45, 2.75) is 33.1 Å². The van der Waals surface area contributed by atoms with E-state index in [-0.39, 0.29) is 6.61 Å². The van der Waals surface area contributed by atoms with Crippen LogP contribution in [0.15, 0.2) is 24.4 Å². The van der Waals surface area contributed by atoms with Crippen molar-refractivity contribution in [3.05, 3.63) is 30.1 Å². The third-order valence-electron chi connectivity index (χ3n) is 1.79. The minimum Gasteiger partial charge on any atom is -0.261 e. The van der Waals surface area contributed by atoms with Gasteiger partial charge in [0.1, 0.15) is 6.61 Å². The molecule has 0 aromatic carbocycles. The number of unbranched alkanes of at least 4 members (excludes halogenated alkanes) is 1. The van der Waals surface area contributed by atoms with Crippen LogP contribution in [0, 0.1) is 0 Å². The van der Waals surface area contributed by atoms with E-state index in [2.05, 4.69) is 23.4 Å². The van der Waals surface area contributed by atoms with Gasteiger partial charge in [0.2, 0.25) is 0 Å². The molecule has 5 heteroatoms. The van der Waals surface area contributed by atoms with Crippen LogP contribution >= 0.6 is 8.25 Å². The Morgan fingerprint density at radius 3 is 2.50 bits per heavy atom. The lowest BCUT2D eigenvalue weighted by Gasteiger charge is -1.93. The van der Waals surface area contributed by atoms with Crippen molar-refractivity contribution in [1.82, 2.24) is 4.98 Å². The topological polar surface area (TPSA) is 59.4 Å². The minimum atomic E-state index is -2.47. The molecule has 16 heavy (non-hydrogen) atoms. The summed E-state index contributed by atoms with van der Waals surface area (Å²) in [4.78, 5) is 12.3. The molecule has 0 saturated carbocycles. The average Bonchev–Trinajstić information content (AvgIpc) is 2.30. The van der Waals surface area contributed by atoms with Crippen LogP contribution in [0.5, 0.6) is 0 Å². The maximum absolute atomic E-state index is 10.1. The first-order chi connectivity index (χ1) is 7.70. The second kappa shape index (κ2) is 10.7. The Bertz CT molecular complexity index is 278. The molecular formula is C11H19NO3P+. The molecule has 0 aliphatic rings. The second-order valence-corrected chi connectivity index (χ2v) is 3.88. The highest BCUT2D eigenvalue weighted by Crippen LogP contribution is 2.14. The van der Waals surface area contributed by atoms with Crippen LogP contribution < -0.4 is 0 Å². The highest BCUT2D eigenvalue weighted by molar-refractivity contribution is 7.32. The monoisotopic (exact) mass is 244 g/mol. The predicted octanol–water partition coefficient (Wildman–Crippen LogP) is 3.10. The smallest absolute Gasteiger partial charge is 0.261 e. The summed E-state index contributed by atoms with van der Waals surface area (Å²) < 4.78 is 14.6. The molecule has 0 aliphatic carbocycles. The van der Waals surface area contributed by atoms with E-state index >= 15 is 0 Å². The quantitative estimate of drug-likeness (QED) is 0.808. The summed E-state index contributed by atoms with van der Waals surface area (Å²) in [5, 5.41) is 0. The van der Waals surface area contributed by atoms with Gasteiger partial charge in [-0.3, -0.25) is 4.98 Å². The first kappa shape index (κ1) is 15.2. The van der Waals surface area contributed by atoms with E-state index in [0.717, 1.165) is 5.69 Å². The molecule has 1 rings (SSSR count). The number of hydrogen-bond donors (Lipinski definition) is 1. The van der Waals surface area contributed by atoms with Crippen LogP contribution in [0.4, 0.5) is 0 Å². The number of rotatable bonds is 5. The van der Waals surface area contributed by atoms with Crippen molar-refractivity contribution in [2.75, 3.05) is 6.61 Å². The molecule has 0 fully saturated rings. The Labute approximate surface area is 97.6 Å². The summed E-state index contributed by atoms with van der Waals surface area (Å²) in [5.74, 6) is 0. The zero-order valence-corrected chi connectivity index (χ0v) is 10.7. The molecule has 1 atom stereocenters. The van der Waals surface area contributed by atoms with Gasteiger partial charge in [-0.2, -0.15) is 0 Å². The van der Waals surface area contributed by atoms with E-state index in [4.69, 9.17) is 4.89 Å². The molecular weight excluding hydrogens is 225 g/mol. The Morgan fingerprint density at radius 2 is 2.06 bits per heavy atom. The third kappa shape index (κ3) is 9.71. The molecule has 1 aromatic rings. The van der Waals surface area contributed by atoms with Gasteiger partial charge in [-0.05, 0) is 12.1 Å². The third-order valence-corrected chi connectivity index (χ3v) is 2.19. The van der Waals surface area contributed by atoms with Gasteiger partial charge in [-0.15, -0.1) is 9.42 Å². The van der Waals surface area contributed by atoms with Crippen molar-refractivity contribution >= 4 is 8.25 Å². The predicted molar refractivity (Wildman–Crippen MR) is 64.3 cm³/mol. The summed E-state index contributed by atoms with van der Waals surface area (Å²) in [6, 6.07) is 5.52. The van der Waals surface area contributed by atoms with Crippen LogP contribution in [-0.4, -0.2) is 16.5 Å². The van der Waals surface area contributed by atoms with Crippen molar-refractivity contribution in [3.63, 3.8) is 0 Å². The maximum atomic E-state index is 10.1. The van der Waals surface area contributed by atoms with Gasteiger partial charge in [-0.25, -0.2) is 0 Å². The standard InChI is InChI=1S/C7H8NO3P.C4H10/c9-12(10)11-6-4-7-3-1-2-5-8-7;1-3-4-2/h1-3,5H,4,6H2;3-4H2,1-2H3/p+1. The summed E-state index contributed by atoms with van der Waals surface area (Å²) >= 11 is 0. The highest BCUT2D eigenvalue weighted by Gasteiger charge is 2.10. The van der Waals surface area contributed by atoms with Crippen LogP contribution in [0.1, 0.15) is 32.4 Å². The van der Waals surface area contributed by atoms with E-state index < -0.39 is 8.25 Å². The van der Waals surface area contributed by atoms with E-state index in [9.17, 15) is 4.57 Å². The zero-order valence-electron chi connectivity index (χ0n) is 9.80. The van der Waals surface area contributed by atoms with Gasteiger partial charge in [0, 0.05) is 22.9 Å². The second-order valence-electron chi connectivity index (χ2n) is 3.14. The maximum Gasteiger partial charge on any atom is 0.694 e. The first-order valence-electron chi connectivity index (χ1n) is 5.39. The largest absolute Gasteiger partial charge is 0.694 e. The molecule has 1 N–H and O–H groups in total. The fourth-order valence-electron chi connectivity index (χ4n) is 0.774. The molecule has 0 radical (unpaired) electrons. The molecule has 0 amide bonds. The van der Waals surface area contributed by atoms with E-state index in [0.29, 0.717) is 6.42 Å². The van der Waals surface area contributed by atoms with Crippen LogP contribution in [0.2, 0.25) is 0 Å². The van der Waals surface area contributed by atoms with Gasteiger partial charge in [0.25, 0.3) is 0 Å². The molecule has 0 bridgehead atoms. The molecule has 1 unspecified atom stereocenters. The molecule has 0 saturated heterocycles. The van der Waals surface area contributed by atoms with Gasteiger partial charge < -0.3 is 0 Å². The SMILES string of the molecule is CCCC.O=[P+](O)OCCc1ccccn1. The Hall–Kier alpha value is -0.830. The highest BCUT2D eigenvalue weighted by atomic mass is 31.1. The fraction of sp³-hybridized carbons (Fsp3) is 0.545. The molecule has 4 nitrogen and oxygen atoms in total. The summed E-state index contributed by atoms with van der Waals surface area (Å²) in [6.45, 7) is 4.59. The van der Waals surface area contributed by atoms with Crippen molar-refractivity contribution < 1.29 is 14.0 Å². The van der Waals surface area contributed by atoms with Crippen LogP contribution in [0.25, 0.3) is 0 Å². The van der Waals surface area contributed by atoms with Crippen molar-refractivity contribution in [3.8, 4) is 0 Å². The lowest BCUT2D eigenvalue weighted by Crippen LogP contribution is -1.94. The summed E-state index contributed by atoms with van der Waals surface area (Å²) in [7, 11) is -2.47. The molecule has 90 valence electrons. The van der Waals surface area contributed by atoms with Crippen LogP contribution in [0.3, 0.4) is 0 Å². The Kier molecular flexibility index (Phi) is 10.1. The first-order valence-corrected chi connectivity index (χ1v) is 6.52. The van der Waals surface area contributed by atoms with Gasteiger partial charge in [0.15, 0.2) is 0 Å². The number of aromatic nitrogens is 1. The number of nitrogens with zero attached hydrogens (tertiary/aromatic N) is 1. The Morgan fingerprint density at radius 1 is 1.38 bits per heavy atom. The minimum absolute atomic E-state index is 0.225. The normalized spacial score (nSPS) is 10.3. The number of pyridine rings is 1. The zero-order chi connectivity index (χ0) is 12.2. The molecule has 0 aliphatic heterocycles. The lowest BCUT2D eigenvalue weighted by molar-refractivity contribution is 0.284. The molecule has 1 heterocycles. The van der Waals surface area contributed by atoms with E-state index in [1.165, 1.54) is 12.8 Å². The average molecular weight is 244 g/mol. The molecule has 0 spiro atoms. The fourth-order valence-corrected chi connectivity index (χ4v) is 1.02. The van der Waals surface area contributed by atoms with E-state index in [1.54, 1.807) is 6.20 Å². The molecule has 1 aromatic heterocycles. The lowest BCUT2D eigenvalue weighted by atomic mass is 10.3. The van der Waals surface area contributed by atoms with Crippen molar-refractivity contribution in [1.29, 1.82) is 0 Å². The van der Waals surface area contributed by atoms with Gasteiger partial charge >= 0.3 is 8.25 Å². The summed E-state index contributed by atoms with van der Waals surface area (Å²) in [5.41, 5.74) is 0.856. The van der Waals surface area contributed by atoms with Gasteiger partial charge in [-0.1, -0.05) is 32.8 Å². The summed E-state index contributed by atoms with van der Waals surface area (Å²) in [6.07, 6.45) is 4.87. The van der Waals surface area contributed by atoms with Gasteiger partial charge in [0.05, 0.1) is 0 Å². The van der Waals surface area contributed by atoms with Crippen LogP contribution in [-0.2, 0) is 15.5 Å². The Balaban J connectivity index is 0.000000487. The number of hydrogen-bond acceptors (Lipinski definition) is 3. The van der Waals surface area contributed by atoms with Crippen molar-refractivity contribution in [2.24, 2.45) is 0 Å². The van der Waals surface area contributed by atoms with E-state index in [1.807, 2.05) is 18.2 Å².